The molecule has 154 valence electrons. The van der Waals surface area contributed by atoms with Crippen LogP contribution < -0.4 is 25.4 Å². The summed E-state index contributed by atoms with van der Waals surface area (Å²) in [6.45, 7) is 1.72. The standard InChI is InChI=1S/C21H19N3O5S/c1-12-4-3-5-14(8-12)22-18(25)11-29-16-7-6-13(10-17(16)28-2)9-15-19(26)23-21(30)24-20(15)27/h3-10H,11H2,1-2H3,(H,22,25)(H2,23,24,26,27,30). The van der Waals surface area contributed by atoms with Gasteiger partial charge in [-0.15, -0.1) is 0 Å². The largest absolute Gasteiger partial charge is 0.493 e. The lowest BCUT2D eigenvalue weighted by Gasteiger charge is -2.16. The Kier molecular flexibility index (Phi) is 6.43. The molecule has 3 amide bonds. The third-order valence-electron chi connectivity index (χ3n) is 4.10. The van der Waals surface area contributed by atoms with Gasteiger partial charge in [-0.05, 0) is 60.6 Å². The number of hydrogen-bond donors (Lipinski definition) is 3. The second-order valence-corrected chi connectivity index (χ2v) is 6.82. The van der Waals surface area contributed by atoms with Gasteiger partial charge in [0, 0.05) is 5.69 Å². The molecule has 2 aromatic rings. The molecule has 0 bridgehead atoms. The second kappa shape index (κ2) is 9.19. The van der Waals surface area contributed by atoms with Crippen LogP contribution in [0.4, 0.5) is 5.69 Å². The molecule has 0 unspecified atom stereocenters. The first-order valence-corrected chi connectivity index (χ1v) is 9.32. The summed E-state index contributed by atoms with van der Waals surface area (Å²) >= 11 is 4.77. The van der Waals surface area contributed by atoms with Gasteiger partial charge in [0.15, 0.2) is 23.2 Å². The number of rotatable bonds is 6. The number of thiocarbonyl (C=S) groups is 1. The van der Waals surface area contributed by atoms with Crippen molar-refractivity contribution in [2.75, 3.05) is 19.0 Å². The van der Waals surface area contributed by atoms with Crippen molar-refractivity contribution in [2.24, 2.45) is 0 Å². The van der Waals surface area contributed by atoms with E-state index in [4.69, 9.17) is 21.7 Å². The summed E-state index contributed by atoms with van der Waals surface area (Å²) in [5.41, 5.74) is 2.16. The minimum absolute atomic E-state index is 0.0348. The third-order valence-corrected chi connectivity index (χ3v) is 4.31. The van der Waals surface area contributed by atoms with Crippen LogP contribution in [0.25, 0.3) is 6.08 Å². The van der Waals surface area contributed by atoms with Crippen LogP contribution in [0, 0.1) is 6.92 Å². The summed E-state index contributed by atoms with van der Waals surface area (Å²) in [6.07, 6.45) is 1.41. The molecule has 0 atom stereocenters. The molecule has 1 saturated heterocycles. The normalized spacial score (nSPS) is 13.3. The molecule has 1 fully saturated rings. The topological polar surface area (TPSA) is 106 Å². The molecule has 0 spiro atoms. The number of amides is 3. The van der Waals surface area contributed by atoms with Gasteiger partial charge < -0.3 is 14.8 Å². The lowest BCUT2D eigenvalue weighted by molar-refractivity contribution is -0.123. The molecule has 9 heteroatoms. The molecule has 0 radical (unpaired) electrons. The summed E-state index contributed by atoms with van der Waals surface area (Å²) in [4.78, 5) is 36.1. The van der Waals surface area contributed by atoms with Crippen molar-refractivity contribution in [3.05, 3.63) is 59.2 Å². The summed E-state index contributed by atoms with van der Waals surface area (Å²) in [6, 6.07) is 12.2. The van der Waals surface area contributed by atoms with Gasteiger partial charge >= 0.3 is 0 Å². The van der Waals surface area contributed by atoms with Gasteiger partial charge in [-0.25, -0.2) is 0 Å². The van der Waals surface area contributed by atoms with E-state index in [2.05, 4.69) is 16.0 Å². The molecular weight excluding hydrogens is 406 g/mol. The van der Waals surface area contributed by atoms with Crippen molar-refractivity contribution in [3.8, 4) is 11.5 Å². The fraction of sp³-hybridized carbons (Fsp3) is 0.143. The van der Waals surface area contributed by atoms with Gasteiger partial charge in [-0.3, -0.25) is 25.0 Å². The van der Waals surface area contributed by atoms with Crippen molar-refractivity contribution in [1.82, 2.24) is 10.6 Å². The Morgan fingerprint density at radius 2 is 1.83 bits per heavy atom. The van der Waals surface area contributed by atoms with Crippen LogP contribution in [-0.4, -0.2) is 36.6 Å². The zero-order valence-electron chi connectivity index (χ0n) is 16.3. The smallest absolute Gasteiger partial charge is 0.263 e. The number of aryl methyl sites for hydroxylation is 1. The summed E-state index contributed by atoms with van der Waals surface area (Å²) in [7, 11) is 1.45. The van der Waals surface area contributed by atoms with Crippen molar-refractivity contribution in [1.29, 1.82) is 0 Å². The molecule has 0 aliphatic carbocycles. The van der Waals surface area contributed by atoms with E-state index in [9.17, 15) is 14.4 Å². The van der Waals surface area contributed by atoms with Gasteiger partial charge in [0.1, 0.15) is 5.57 Å². The average molecular weight is 425 g/mol. The summed E-state index contributed by atoms with van der Waals surface area (Å²) < 4.78 is 10.9. The van der Waals surface area contributed by atoms with Gasteiger partial charge in [-0.1, -0.05) is 18.2 Å². The molecule has 0 saturated carbocycles. The Hall–Kier alpha value is -3.72. The maximum atomic E-state index is 12.1. The predicted octanol–water partition coefficient (Wildman–Crippen LogP) is 1.94. The number of carbonyl (C=O) groups excluding carboxylic acids is 3. The number of hydrogen-bond acceptors (Lipinski definition) is 6. The van der Waals surface area contributed by atoms with Crippen LogP contribution in [0.2, 0.25) is 0 Å². The van der Waals surface area contributed by atoms with Crippen molar-refractivity contribution in [3.63, 3.8) is 0 Å². The zero-order valence-corrected chi connectivity index (χ0v) is 17.1. The molecule has 30 heavy (non-hydrogen) atoms. The first-order chi connectivity index (χ1) is 14.4. The van der Waals surface area contributed by atoms with E-state index in [1.54, 1.807) is 24.3 Å². The van der Waals surface area contributed by atoms with E-state index in [1.807, 2.05) is 25.1 Å². The number of methoxy groups -OCH3 is 1. The highest BCUT2D eigenvalue weighted by Crippen LogP contribution is 2.29. The average Bonchev–Trinajstić information content (AvgIpc) is 2.69. The van der Waals surface area contributed by atoms with Crippen molar-refractivity contribution < 1.29 is 23.9 Å². The maximum absolute atomic E-state index is 12.1. The molecule has 3 N–H and O–H groups in total. The fourth-order valence-corrected chi connectivity index (χ4v) is 2.91. The Morgan fingerprint density at radius 1 is 1.10 bits per heavy atom. The van der Waals surface area contributed by atoms with E-state index >= 15 is 0 Å². The molecule has 0 aromatic heterocycles. The Morgan fingerprint density at radius 3 is 2.50 bits per heavy atom. The van der Waals surface area contributed by atoms with E-state index in [0.717, 1.165) is 5.56 Å². The molecule has 1 heterocycles. The highest BCUT2D eigenvalue weighted by molar-refractivity contribution is 7.80. The van der Waals surface area contributed by atoms with E-state index in [0.29, 0.717) is 22.7 Å². The monoisotopic (exact) mass is 425 g/mol. The van der Waals surface area contributed by atoms with Gasteiger partial charge in [0.25, 0.3) is 17.7 Å². The van der Waals surface area contributed by atoms with E-state index in [-0.39, 0.29) is 23.2 Å². The molecule has 8 nitrogen and oxygen atoms in total. The summed E-state index contributed by atoms with van der Waals surface area (Å²) in [5, 5.41) is 7.46. The SMILES string of the molecule is COc1cc(C=C2C(=O)NC(=S)NC2=O)ccc1OCC(=O)Nc1cccc(C)c1. The van der Waals surface area contributed by atoms with Crippen LogP contribution >= 0.6 is 12.2 Å². The lowest BCUT2D eigenvalue weighted by atomic mass is 10.1. The highest BCUT2D eigenvalue weighted by atomic mass is 32.1. The first-order valence-electron chi connectivity index (χ1n) is 8.91. The zero-order chi connectivity index (χ0) is 21.7. The number of anilines is 1. The lowest BCUT2D eigenvalue weighted by Crippen LogP contribution is -2.51. The predicted molar refractivity (Wildman–Crippen MR) is 115 cm³/mol. The van der Waals surface area contributed by atoms with Gasteiger partial charge in [-0.2, -0.15) is 0 Å². The van der Waals surface area contributed by atoms with E-state index in [1.165, 1.54) is 13.2 Å². The Balaban J connectivity index is 1.69. The third kappa shape index (κ3) is 5.21. The molecule has 2 aromatic carbocycles. The second-order valence-electron chi connectivity index (χ2n) is 6.41. The van der Waals surface area contributed by atoms with Crippen molar-refractivity contribution in [2.45, 2.75) is 6.92 Å². The molecule has 1 aliphatic rings. The highest BCUT2D eigenvalue weighted by Gasteiger charge is 2.25. The minimum atomic E-state index is -0.587. The number of ether oxygens (including phenoxy) is 2. The van der Waals surface area contributed by atoms with Gasteiger partial charge in [0.2, 0.25) is 0 Å². The van der Waals surface area contributed by atoms with Gasteiger partial charge in [0.05, 0.1) is 7.11 Å². The number of nitrogens with one attached hydrogen (secondary N) is 3. The fourth-order valence-electron chi connectivity index (χ4n) is 2.73. The molecular formula is C21H19N3O5S. The van der Waals surface area contributed by atoms with Crippen LogP contribution in [0.15, 0.2) is 48.0 Å². The van der Waals surface area contributed by atoms with Crippen LogP contribution in [0.3, 0.4) is 0 Å². The Labute approximate surface area is 178 Å². The number of carbonyl (C=O) groups is 3. The first kappa shape index (κ1) is 21.0. The number of benzene rings is 2. The maximum Gasteiger partial charge on any atom is 0.263 e. The van der Waals surface area contributed by atoms with Crippen LogP contribution in [-0.2, 0) is 14.4 Å². The summed E-state index contributed by atoms with van der Waals surface area (Å²) in [5.74, 6) is -0.801. The van der Waals surface area contributed by atoms with Crippen LogP contribution in [0.1, 0.15) is 11.1 Å². The molecule has 1 aliphatic heterocycles. The quantitative estimate of drug-likeness (QED) is 0.371. The van der Waals surface area contributed by atoms with E-state index < -0.39 is 11.8 Å². The molecule has 3 rings (SSSR count). The minimum Gasteiger partial charge on any atom is -0.493 e. The van der Waals surface area contributed by atoms with Crippen LogP contribution in [0.5, 0.6) is 11.5 Å². The Bertz CT molecular complexity index is 1040. The van der Waals surface area contributed by atoms with Crippen molar-refractivity contribution >= 4 is 46.8 Å².